The Kier molecular flexibility index (Phi) is 7.10. The summed E-state index contributed by atoms with van der Waals surface area (Å²) in [7, 11) is 0. The van der Waals surface area contributed by atoms with Crippen molar-refractivity contribution in [3.05, 3.63) is 82.8 Å². The first-order valence-corrected chi connectivity index (χ1v) is 14.3. The Labute approximate surface area is 245 Å². The van der Waals surface area contributed by atoms with Crippen molar-refractivity contribution in [1.29, 1.82) is 0 Å². The summed E-state index contributed by atoms with van der Waals surface area (Å²) in [5, 5.41) is 6.61. The standard InChI is InChI=1S/C30H26ClN5O4S/c1-17-15-21(40-20-8-4-3-5-9-20)10-11-22(17)36-23-12-13-32-28-24(23)25(34-30(36)39)26(41-28)27(37)33-19-7-6-14-35(16-19)29(38)18(2)31/h3-5,8-13,15,19H,2,6-7,14,16H2,1H3,(H,33,37)(H,34,39)/t19-/m1/s1. The molecule has 6 rings (SSSR count). The van der Waals surface area contributed by atoms with E-state index in [0.717, 1.165) is 24.2 Å². The molecule has 1 fully saturated rings. The van der Waals surface area contributed by atoms with Gasteiger partial charge in [0.1, 0.15) is 21.2 Å². The van der Waals surface area contributed by atoms with E-state index in [1.54, 1.807) is 22.1 Å². The van der Waals surface area contributed by atoms with Gasteiger partial charge >= 0.3 is 6.03 Å². The molecule has 2 aromatic carbocycles. The number of rotatable bonds is 6. The number of hydrogen-bond donors (Lipinski definition) is 2. The van der Waals surface area contributed by atoms with Crippen molar-refractivity contribution in [2.75, 3.05) is 23.3 Å². The molecular weight excluding hydrogens is 562 g/mol. The maximum atomic E-state index is 13.5. The first-order valence-electron chi connectivity index (χ1n) is 13.1. The van der Waals surface area contributed by atoms with Gasteiger partial charge in [0.15, 0.2) is 0 Å². The van der Waals surface area contributed by atoms with E-state index in [0.29, 0.717) is 51.0 Å². The van der Waals surface area contributed by atoms with E-state index in [2.05, 4.69) is 22.2 Å². The first-order chi connectivity index (χ1) is 19.8. The zero-order chi connectivity index (χ0) is 28.7. The summed E-state index contributed by atoms with van der Waals surface area (Å²) in [6.07, 6.45) is 3.08. The quantitative estimate of drug-likeness (QED) is 0.249. The Morgan fingerprint density at radius 3 is 2.71 bits per heavy atom. The normalized spacial score (nSPS) is 16.3. The molecule has 9 nitrogen and oxygen atoms in total. The van der Waals surface area contributed by atoms with Gasteiger partial charge in [-0.1, -0.05) is 36.4 Å². The number of piperidine rings is 1. The maximum Gasteiger partial charge on any atom is 0.331 e. The first kappa shape index (κ1) is 26.8. The fourth-order valence-electron chi connectivity index (χ4n) is 5.25. The zero-order valence-electron chi connectivity index (χ0n) is 22.1. The fraction of sp³-hybridized carbons (Fsp3) is 0.200. The van der Waals surface area contributed by atoms with Gasteiger partial charge in [-0.05, 0) is 61.7 Å². The number of amides is 4. The number of likely N-dealkylation sites (tertiary alicyclic amines) is 1. The van der Waals surface area contributed by atoms with Crippen molar-refractivity contribution < 1.29 is 19.1 Å². The van der Waals surface area contributed by atoms with Crippen LogP contribution in [0, 0.1) is 6.92 Å². The predicted octanol–water partition coefficient (Wildman–Crippen LogP) is 6.55. The van der Waals surface area contributed by atoms with Gasteiger partial charge in [0, 0.05) is 25.3 Å². The highest BCUT2D eigenvalue weighted by Crippen LogP contribution is 2.46. The van der Waals surface area contributed by atoms with E-state index in [4.69, 9.17) is 16.3 Å². The van der Waals surface area contributed by atoms with Gasteiger partial charge in [0.2, 0.25) is 0 Å². The summed E-state index contributed by atoms with van der Waals surface area (Å²) < 4.78 is 5.96. The van der Waals surface area contributed by atoms with E-state index in [9.17, 15) is 14.4 Å². The number of anilines is 3. The summed E-state index contributed by atoms with van der Waals surface area (Å²) >= 11 is 7.03. The third-order valence-corrected chi connectivity index (χ3v) is 8.37. The second kappa shape index (κ2) is 10.9. The summed E-state index contributed by atoms with van der Waals surface area (Å²) in [6.45, 7) is 6.33. The van der Waals surface area contributed by atoms with Crippen LogP contribution in [0.2, 0.25) is 0 Å². The van der Waals surface area contributed by atoms with Gasteiger partial charge in [-0.25, -0.2) is 9.78 Å². The van der Waals surface area contributed by atoms with Crippen LogP contribution in [-0.2, 0) is 4.79 Å². The number of nitrogens with one attached hydrogen (secondary N) is 2. The smallest absolute Gasteiger partial charge is 0.331 e. The summed E-state index contributed by atoms with van der Waals surface area (Å²) in [5.41, 5.74) is 2.60. The number of ether oxygens (including phenoxy) is 1. The molecule has 1 saturated heterocycles. The molecule has 2 N–H and O–H groups in total. The Hall–Kier alpha value is -4.41. The minimum Gasteiger partial charge on any atom is -0.457 e. The number of hydrogen-bond acceptors (Lipinski definition) is 6. The van der Waals surface area contributed by atoms with E-state index in [1.165, 1.54) is 11.3 Å². The average Bonchev–Trinajstić information content (AvgIpc) is 3.33. The number of para-hydroxylation sites is 1. The SMILES string of the molecule is C=C(Cl)C(=O)N1CCC[C@@H](NC(=O)c2sc3nccc4c3c2NC(=O)N4c2ccc(Oc3ccccc3)cc2C)C1. The molecule has 0 radical (unpaired) electrons. The molecule has 0 unspecified atom stereocenters. The highest BCUT2D eigenvalue weighted by atomic mass is 35.5. The number of urea groups is 1. The Bertz CT molecular complexity index is 1710. The van der Waals surface area contributed by atoms with Crippen molar-refractivity contribution in [3.8, 4) is 11.5 Å². The van der Waals surface area contributed by atoms with Crippen LogP contribution in [0.1, 0.15) is 28.1 Å². The van der Waals surface area contributed by atoms with E-state index >= 15 is 0 Å². The van der Waals surface area contributed by atoms with Crippen molar-refractivity contribution in [2.24, 2.45) is 0 Å². The average molecular weight is 588 g/mol. The Balaban J connectivity index is 1.28. The second-order valence-corrected chi connectivity index (χ2v) is 11.4. The lowest BCUT2D eigenvalue weighted by atomic mass is 10.1. The molecule has 208 valence electrons. The number of aryl methyl sites for hydroxylation is 1. The molecule has 4 aromatic rings. The largest absolute Gasteiger partial charge is 0.457 e. The topological polar surface area (TPSA) is 104 Å². The molecule has 2 aliphatic heterocycles. The summed E-state index contributed by atoms with van der Waals surface area (Å²) in [4.78, 5) is 48.0. The number of pyridine rings is 1. The highest BCUT2D eigenvalue weighted by Gasteiger charge is 2.34. The predicted molar refractivity (Wildman–Crippen MR) is 161 cm³/mol. The summed E-state index contributed by atoms with van der Waals surface area (Å²) in [5.74, 6) is 0.712. The number of carbonyl (C=O) groups is 3. The molecule has 41 heavy (non-hydrogen) atoms. The third-order valence-electron chi connectivity index (χ3n) is 7.12. The van der Waals surface area contributed by atoms with Crippen LogP contribution >= 0.6 is 22.9 Å². The van der Waals surface area contributed by atoms with Crippen molar-refractivity contribution in [1.82, 2.24) is 15.2 Å². The molecule has 0 saturated carbocycles. The number of halogens is 1. The molecule has 4 heterocycles. The summed E-state index contributed by atoms with van der Waals surface area (Å²) in [6, 6.07) is 16.2. The van der Waals surface area contributed by atoms with Crippen LogP contribution in [0.25, 0.3) is 10.2 Å². The zero-order valence-corrected chi connectivity index (χ0v) is 23.7. The van der Waals surface area contributed by atoms with Crippen LogP contribution < -0.4 is 20.3 Å². The monoisotopic (exact) mass is 587 g/mol. The molecule has 0 aliphatic carbocycles. The number of benzene rings is 2. The molecular formula is C30H26ClN5O4S. The van der Waals surface area contributed by atoms with Gasteiger partial charge < -0.3 is 20.3 Å². The lowest BCUT2D eigenvalue weighted by Gasteiger charge is -2.33. The molecule has 2 aromatic heterocycles. The maximum absolute atomic E-state index is 13.5. The van der Waals surface area contributed by atoms with Crippen LogP contribution in [0.15, 0.2) is 72.4 Å². The Morgan fingerprint density at radius 1 is 1.15 bits per heavy atom. The van der Waals surface area contributed by atoms with Gasteiger partial charge in [0.05, 0.1) is 27.5 Å². The highest BCUT2D eigenvalue weighted by molar-refractivity contribution is 7.21. The fourth-order valence-corrected chi connectivity index (χ4v) is 6.39. The van der Waals surface area contributed by atoms with E-state index in [1.807, 2.05) is 55.5 Å². The number of nitrogens with zero attached hydrogens (tertiary/aromatic N) is 3. The molecule has 1 atom stereocenters. The van der Waals surface area contributed by atoms with Gasteiger partial charge in [-0.15, -0.1) is 11.3 Å². The molecule has 4 amide bonds. The molecule has 0 bridgehead atoms. The minimum atomic E-state index is -0.382. The molecule has 11 heteroatoms. The van der Waals surface area contributed by atoms with Crippen LogP contribution in [0.4, 0.5) is 21.9 Å². The van der Waals surface area contributed by atoms with Crippen molar-refractivity contribution in [3.63, 3.8) is 0 Å². The number of thiophene rings is 1. The Morgan fingerprint density at radius 2 is 1.95 bits per heavy atom. The van der Waals surface area contributed by atoms with Crippen molar-refractivity contribution in [2.45, 2.75) is 25.8 Å². The van der Waals surface area contributed by atoms with Gasteiger partial charge in [0.25, 0.3) is 11.8 Å². The van der Waals surface area contributed by atoms with Crippen LogP contribution in [0.5, 0.6) is 11.5 Å². The second-order valence-electron chi connectivity index (χ2n) is 9.91. The van der Waals surface area contributed by atoms with Crippen molar-refractivity contribution >= 4 is 68.1 Å². The van der Waals surface area contributed by atoms with Crippen LogP contribution in [0.3, 0.4) is 0 Å². The molecule has 0 spiro atoms. The van der Waals surface area contributed by atoms with E-state index < -0.39 is 0 Å². The number of carbonyl (C=O) groups excluding carboxylic acids is 3. The lowest BCUT2D eigenvalue weighted by molar-refractivity contribution is -0.127. The van der Waals surface area contributed by atoms with Gasteiger partial charge in [-0.3, -0.25) is 14.5 Å². The van der Waals surface area contributed by atoms with E-state index in [-0.39, 0.29) is 28.9 Å². The lowest BCUT2D eigenvalue weighted by Crippen LogP contribution is -2.49. The van der Waals surface area contributed by atoms with Crippen LogP contribution in [-0.4, -0.2) is 46.9 Å². The third kappa shape index (κ3) is 5.12. The molecule has 2 aliphatic rings. The van der Waals surface area contributed by atoms with Gasteiger partial charge in [-0.2, -0.15) is 0 Å². The minimum absolute atomic E-state index is 0.0506. The number of aromatic nitrogens is 1.